The van der Waals surface area contributed by atoms with Crippen molar-refractivity contribution in [2.75, 3.05) is 41.1 Å². The highest BCUT2D eigenvalue weighted by Gasteiger charge is 2.07. The van der Waals surface area contributed by atoms with Crippen molar-refractivity contribution in [1.82, 2.24) is 31.9 Å². The minimum Gasteiger partial charge on any atom is -0.344 e. The van der Waals surface area contributed by atoms with Gasteiger partial charge in [0.25, 0.3) is 11.8 Å². The van der Waals surface area contributed by atoms with Gasteiger partial charge in [-0.1, -0.05) is 24.3 Å². The van der Waals surface area contributed by atoms with Crippen LogP contribution in [0.1, 0.15) is 87.9 Å². The minimum absolute atomic E-state index is 0.00261. The molecular formula is C31H46N6O6. The van der Waals surface area contributed by atoms with Crippen LogP contribution in [-0.4, -0.2) is 76.2 Å². The van der Waals surface area contributed by atoms with Gasteiger partial charge in [-0.25, -0.2) is 0 Å². The topological polar surface area (TPSA) is 175 Å². The molecule has 3 amide bonds. The summed E-state index contributed by atoms with van der Waals surface area (Å²) in [7, 11) is 5.27. The number of unbranched alkanes of at least 4 members (excludes halogenated alkanes) is 1. The normalized spacial score (nSPS) is 9.72. The van der Waals surface area contributed by atoms with E-state index in [1.54, 1.807) is 76.6 Å². The number of amides is 3. The Labute approximate surface area is 254 Å². The second-order valence-electron chi connectivity index (χ2n) is 9.38. The van der Waals surface area contributed by atoms with Crippen molar-refractivity contribution >= 4 is 35.1 Å². The zero-order chi connectivity index (χ0) is 32.6. The van der Waals surface area contributed by atoms with Gasteiger partial charge in [-0.05, 0) is 79.0 Å². The van der Waals surface area contributed by atoms with Gasteiger partial charge in [0.1, 0.15) is 5.78 Å². The summed E-state index contributed by atoms with van der Waals surface area (Å²) in [5.41, 5.74) is 2.21. The molecule has 2 rings (SSSR count). The smallest absolute Gasteiger partial charge is 0.252 e. The Morgan fingerprint density at radius 2 is 0.977 bits per heavy atom. The zero-order valence-electron chi connectivity index (χ0n) is 26.0. The monoisotopic (exact) mass is 598 g/mol. The summed E-state index contributed by atoms with van der Waals surface area (Å²) < 4.78 is 0. The van der Waals surface area contributed by atoms with Gasteiger partial charge in [0.15, 0.2) is 11.6 Å². The second kappa shape index (κ2) is 23.3. The Morgan fingerprint density at radius 1 is 0.535 bits per heavy atom. The molecule has 236 valence electrons. The van der Waals surface area contributed by atoms with Crippen LogP contribution in [0.2, 0.25) is 0 Å². The molecule has 0 aliphatic heterocycles. The highest BCUT2D eigenvalue weighted by Crippen LogP contribution is 2.06. The number of Topliss-reactive ketones (excluding diaryl/α,β-unsaturated/α-hetero) is 3. The van der Waals surface area contributed by atoms with E-state index in [0.29, 0.717) is 55.1 Å². The summed E-state index contributed by atoms with van der Waals surface area (Å²) in [5, 5.41) is 16.4. The average Bonchev–Trinajstić information content (AvgIpc) is 3.00. The van der Waals surface area contributed by atoms with Crippen molar-refractivity contribution in [3.05, 3.63) is 70.8 Å². The van der Waals surface area contributed by atoms with E-state index in [2.05, 4.69) is 31.9 Å². The molecule has 0 spiro atoms. The fourth-order valence-electron chi connectivity index (χ4n) is 3.21. The molecule has 0 bridgehead atoms. The van der Waals surface area contributed by atoms with E-state index in [1.807, 2.05) is 0 Å². The zero-order valence-corrected chi connectivity index (χ0v) is 26.0. The number of nitrogens with one attached hydrogen (secondary N) is 6. The first kappa shape index (κ1) is 38.7. The van der Waals surface area contributed by atoms with Gasteiger partial charge in [0, 0.05) is 35.1 Å². The van der Waals surface area contributed by atoms with Crippen molar-refractivity contribution < 1.29 is 28.8 Å². The van der Waals surface area contributed by atoms with E-state index < -0.39 is 0 Å². The first-order valence-electron chi connectivity index (χ1n) is 13.9. The maximum atomic E-state index is 11.5. The lowest BCUT2D eigenvalue weighted by atomic mass is 10.1. The van der Waals surface area contributed by atoms with Crippen LogP contribution < -0.4 is 31.9 Å². The van der Waals surface area contributed by atoms with Crippen LogP contribution in [0.3, 0.4) is 0 Å². The Kier molecular flexibility index (Phi) is 21.0. The van der Waals surface area contributed by atoms with Crippen molar-refractivity contribution in [1.29, 1.82) is 0 Å². The largest absolute Gasteiger partial charge is 0.344 e. The Balaban J connectivity index is 0.000000618. The van der Waals surface area contributed by atoms with Crippen LogP contribution in [0.15, 0.2) is 48.5 Å². The minimum atomic E-state index is -0.188. The van der Waals surface area contributed by atoms with Gasteiger partial charge in [0.05, 0.1) is 20.0 Å². The summed E-state index contributed by atoms with van der Waals surface area (Å²) in [6, 6.07) is 13.2. The maximum absolute atomic E-state index is 11.5. The number of hydrogen-bond acceptors (Lipinski definition) is 9. The molecule has 0 aromatic heterocycles. The molecule has 6 N–H and O–H groups in total. The molecule has 0 saturated heterocycles. The highest BCUT2D eigenvalue weighted by atomic mass is 16.2. The van der Waals surface area contributed by atoms with Gasteiger partial charge in [-0.2, -0.15) is 0 Å². The second-order valence-corrected chi connectivity index (χ2v) is 9.38. The van der Waals surface area contributed by atoms with Crippen LogP contribution in [-0.2, 0) is 9.59 Å². The predicted molar refractivity (Wildman–Crippen MR) is 167 cm³/mol. The molecule has 0 radical (unpaired) electrons. The van der Waals surface area contributed by atoms with Crippen LogP contribution in [0.25, 0.3) is 0 Å². The number of ketones is 3. The van der Waals surface area contributed by atoms with Gasteiger partial charge >= 0.3 is 0 Å². The molecule has 0 atom stereocenters. The molecule has 0 aliphatic carbocycles. The van der Waals surface area contributed by atoms with Crippen molar-refractivity contribution in [3.8, 4) is 0 Å². The van der Waals surface area contributed by atoms with Crippen LogP contribution >= 0.6 is 0 Å². The van der Waals surface area contributed by atoms with Crippen molar-refractivity contribution in [3.63, 3.8) is 0 Å². The van der Waals surface area contributed by atoms with Crippen molar-refractivity contribution in [2.45, 2.75) is 46.5 Å². The third kappa shape index (κ3) is 18.7. The van der Waals surface area contributed by atoms with Gasteiger partial charge in [-0.3, -0.25) is 24.0 Å². The molecule has 0 saturated carbocycles. The van der Waals surface area contributed by atoms with E-state index >= 15 is 0 Å². The average molecular weight is 599 g/mol. The fraction of sp³-hybridized carbons (Fsp3) is 0.419. The molecule has 12 nitrogen and oxygen atoms in total. The van der Waals surface area contributed by atoms with Gasteiger partial charge in [0.2, 0.25) is 5.91 Å². The molecule has 43 heavy (non-hydrogen) atoms. The number of carbonyl (C=O) groups is 6. The summed E-state index contributed by atoms with van der Waals surface area (Å²) >= 11 is 0. The first-order valence-corrected chi connectivity index (χ1v) is 13.9. The molecule has 2 aromatic carbocycles. The Bertz CT molecular complexity index is 1180. The lowest BCUT2D eigenvalue weighted by Crippen LogP contribution is -2.31. The van der Waals surface area contributed by atoms with Gasteiger partial charge in [-0.15, -0.1) is 0 Å². The van der Waals surface area contributed by atoms with E-state index in [4.69, 9.17) is 0 Å². The van der Waals surface area contributed by atoms with E-state index in [-0.39, 0.29) is 35.1 Å². The first-order chi connectivity index (χ1) is 20.5. The lowest BCUT2D eigenvalue weighted by molar-refractivity contribution is -0.121. The van der Waals surface area contributed by atoms with E-state index in [0.717, 1.165) is 12.8 Å². The third-order valence-electron chi connectivity index (χ3n) is 5.58. The summed E-state index contributed by atoms with van der Waals surface area (Å²) in [5.74, 6) is -0.157. The predicted octanol–water partition coefficient (Wildman–Crippen LogP) is 2.02. The molecule has 0 aliphatic rings. The molecule has 12 heteroatoms. The Morgan fingerprint density at radius 3 is 1.47 bits per heavy atom. The standard InChI is InChI=1S/2C11H14N2O2.C9H18N2O2/c1-8(14)9-3-5-10(6-4-9)11(15)13-7-12-2;1-8(14)9-4-3-5-10(6-9)11(15)13-7-12-2;1-8(12)5-3-4-6-9(13)11-7-10-2/h2*3-6,12H,7H2,1-2H3,(H,13,15);10H,3-7H2,1-2H3,(H,11,13). The van der Waals surface area contributed by atoms with Crippen LogP contribution in [0, 0.1) is 0 Å². The molecule has 0 heterocycles. The lowest BCUT2D eigenvalue weighted by Gasteiger charge is -2.04. The molecule has 0 unspecified atom stereocenters. The van der Waals surface area contributed by atoms with E-state index in [1.165, 1.54) is 13.8 Å². The Hall–Kier alpha value is -4.26. The van der Waals surface area contributed by atoms with Crippen LogP contribution in [0.5, 0.6) is 0 Å². The molecule has 0 fully saturated rings. The van der Waals surface area contributed by atoms with Gasteiger partial charge < -0.3 is 36.7 Å². The quantitative estimate of drug-likeness (QED) is 0.102. The number of rotatable bonds is 15. The number of benzene rings is 2. The van der Waals surface area contributed by atoms with E-state index in [9.17, 15) is 28.8 Å². The third-order valence-corrected chi connectivity index (χ3v) is 5.58. The maximum Gasteiger partial charge on any atom is 0.252 e. The highest BCUT2D eigenvalue weighted by molar-refractivity contribution is 5.99. The SMILES string of the molecule is CNCNC(=O)CCCCC(C)=O.CNCNC(=O)c1ccc(C(C)=O)cc1.CNCNC(=O)c1cccc(C(C)=O)c1. The fourth-order valence-corrected chi connectivity index (χ4v) is 3.21. The summed E-state index contributed by atoms with van der Waals surface area (Å²) in [4.78, 5) is 66.6. The molecular weight excluding hydrogens is 552 g/mol. The molecule has 2 aromatic rings. The number of carbonyl (C=O) groups excluding carboxylic acids is 6. The summed E-state index contributed by atoms with van der Waals surface area (Å²) in [6.45, 7) is 5.88. The van der Waals surface area contributed by atoms with Crippen molar-refractivity contribution in [2.24, 2.45) is 0 Å². The number of hydrogen-bond donors (Lipinski definition) is 6. The van der Waals surface area contributed by atoms with Crippen LogP contribution in [0.4, 0.5) is 0 Å². The summed E-state index contributed by atoms with van der Waals surface area (Å²) in [6.07, 6.45) is 2.69.